The minimum Gasteiger partial charge on any atom is -0.494 e. The molecule has 0 aliphatic heterocycles. The van der Waals surface area contributed by atoms with Gasteiger partial charge in [0.25, 0.3) is 5.69 Å². The van der Waals surface area contributed by atoms with Crippen molar-refractivity contribution in [3.63, 3.8) is 0 Å². The van der Waals surface area contributed by atoms with Crippen molar-refractivity contribution >= 4 is 17.3 Å². The number of ether oxygens (including phenoxy) is 1. The maximum Gasteiger partial charge on any atom is 0.273 e. The predicted octanol–water partition coefficient (Wildman–Crippen LogP) is 2.28. The van der Waals surface area contributed by atoms with E-state index in [1.807, 2.05) is 18.7 Å². The average Bonchev–Trinajstić information content (AvgIpc) is 2.86. The first kappa shape index (κ1) is 18.4. The van der Waals surface area contributed by atoms with Crippen LogP contribution in [0.25, 0.3) is 0 Å². The van der Waals surface area contributed by atoms with Crippen LogP contribution in [0.3, 0.4) is 0 Å². The monoisotopic (exact) mass is 348 g/mol. The van der Waals surface area contributed by atoms with Gasteiger partial charge >= 0.3 is 0 Å². The maximum atomic E-state index is 12.2. The van der Waals surface area contributed by atoms with Gasteiger partial charge in [-0.2, -0.15) is 0 Å². The summed E-state index contributed by atoms with van der Waals surface area (Å²) in [4.78, 5) is 24.3. The van der Waals surface area contributed by atoms with Crippen molar-refractivity contribution in [1.82, 2.24) is 10.1 Å². The lowest BCUT2D eigenvalue weighted by molar-refractivity contribution is -0.384. The Bertz CT molecular complexity index is 767. The Morgan fingerprint density at radius 3 is 2.72 bits per heavy atom. The second kappa shape index (κ2) is 7.75. The standard InChI is InChI=1S/C16H20N4O5/c1-10-13(11(2)25-18-10)8-19(3)9-16(21)17-14-6-5-12(20(22)23)7-15(14)24-4/h5-7H,8-9H2,1-4H3,(H,17,21). The molecule has 0 bridgehead atoms. The summed E-state index contributed by atoms with van der Waals surface area (Å²) in [6.07, 6.45) is 0. The van der Waals surface area contributed by atoms with Crippen LogP contribution in [0.4, 0.5) is 11.4 Å². The Morgan fingerprint density at radius 2 is 2.16 bits per heavy atom. The number of aryl methyl sites for hydroxylation is 2. The molecule has 0 unspecified atom stereocenters. The summed E-state index contributed by atoms with van der Waals surface area (Å²) in [6, 6.07) is 4.03. The van der Waals surface area contributed by atoms with Crippen molar-refractivity contribution in [3.05, 3.63) is 45.3 Å². The molecule has 1 N–H and O–H groups in total. The number of carbonyl (C=O) groups excluding carboxylic acids is 1. The number of nitrogens with one attached hydrogen (secondary N) is 1. The normalized spacial score (nSPS) is 10.8. The van der Waals surface area contributed by atoms with Gasteiger partial charge in [-0.05, 0) is 27.0 Å². The van der Waals surface area contributed by atoms with E-state index in [4.69, 9.17) is 9.26 Å². The maximum absolute atomic E-state index is 12.2. The smallest absolute Gasteiger partial charge is 0.273 e. The quantitative estimate of drug-likeness (QED) is 0.603. The van der Waals surface area contributed by atoms with Crippen LogP contribution < -0.4 is 10.1 Å². The predicted molar refractivity (Wildman–Crippen MR) is 90.6 cm³/mol. The first-order valence-electron chi connectivity index (χ1n) is 7.54. The second-order valence-corrected chi connectivity index (χ2v) is 5.66. The summed E-state index contributed by atoms with van der Waals surface area (Å²) in [5.74, 6) is 0.694. The highest BCUT2D eigenvalue weighted by molar-refractivity contribution is 5.93. The van der Waals surface area contributed by atoms with E-state index in [9.17, 15) is 14.9 Å². The minimum atomic E-state index is -0.522. The topological polar surface area (TPSA) is 111 Å². The number of hydrogen-bond acceptors (Lipinski definition) is 7. The Balaban J connectivity index is 2.01. The van der Waals surface area contributed by atoms with Crippen LogP contribution in [0.5, 0.6) is 5.75 Å². The van der Waals surface area contributed by atoms with Crippen LogP contribution in [0.2, 0.25) is 0 Å². The molecule has 1 aromatic carbocycles. The molecule has 134 valence electrons. The van der Waals surface area contributed by atoms with Crippen molar-refractivity contribution < 1.29 is 19.0 Å². The molecular weight excluding hydrogens is 328 g/mol. The molecule has 0 aliphatic rings. The van der Waals surface area contributed by atoms with Crippen LogP contribution >= 0.6 is 0 Å². The van der Waals surface area contributed by atoms with Crippen LogP contribution in [-0.4, -0.2) is 41.6 Å². The SMILES string of the molecule is COc1cc([N+](=O)[O-])ccc1NC(=O)CN(C)Cc1c(C)noc1C. The van der Waals surface area contributed by atoms with E-state index in [-0.39, 0.29) is 23.9 Å². The molecule has 0 radical (unpaired) electrons. The number of benzene rings is 1. The van der Waals surface area contributed by atoms with Crippen molar-refractivity contribution in [2.24, 2.45) is 0 Å². The number of anilines is 1. The van der Waals surface area contributed by atoms with Crippen LogP contribution in [0.15, 0.2) is 22.7 Å². The third-order valence-corrected chi connectivity index (χ3v) is 3.69. The van der Waals surface area contributed by atoms with Crippen molar-refractivity contribution in [2.45, 2.75) is 20.4 Å². The number of nitro benzene ring substituents is 1. The Hall–Kier alpha value is -2.94. The summed E-state index contributed by atoms with van der Waals surface area (Å²) in [6.45, 7) is 4.32. The number of rotatable bonds is 7. The summed E-state index contributed by atoms with van der Waals surface area (Å²) in [5, 5.41) is 17.4. The number of non-ortho nitro benzene ring substituents is 1. The molecule has 0 spiro atoms. The van der Waals surface area contributed by atoms with E-state index in [0.29, 0.717) is 12.2 Å². The van der Waals surface area contributed by atoms with E-state index in [1.54, 1.807) is 7.05 Å². The highest BCUT2D eigenvalue weighted by atomic mass is 16.6. The molecular formula is C16H20N4O5. The molecule has 0 saturated heterocycles. The molecule has 25 heavy (non-hydrogen) atoms. The van der Waals surface area contributed by atoms with Gasteiger partial charge in [0.15, 0.2) is 0 Å². The summed E-state index contributed by atoms with van der Waals surface area (Å²) >= 11 is 0. The fourth-order valence-electron chi connectivity index (χ4n) is 2.39. The Labute approximate surface area is 144 Å². The number of amides is 1. The third kappa shape index (κ3) is 4.54. The highest BCUT2D eigenvalue weighted by Gasteiger charge is 2.16. The zero-order valence-corrected chi connectivity index (χ0v) is 14.5. The van der Waals surface area contributed by atoms with Gasteiger partial charge in [0.1, 0.15) is 11.5 Å². The van der Waals surface area contributed by atoms with Crippen molar-refractivity contribution in [1.29, 1.82) is 0 Å². The van der Waals surface area contributed by atoms with Crippen LogP contribution in [-0.2, 0) is 11.3 Å². The van der Waals surface area contributed by atoms with Crippen molar-refractivity contribution in [3.8, 4) is 5.75 Å². The van der Waals surface area contributed by atoms with Crippen molar-refractivity contribution in [2.75, 3.05) is 26.0 Å². The van der Waals surface area contributed by atoms with Gasteiger partial charge in [-0.15, -0.1) is 0 Å². The summed E-state index contributed by atoms with van der Waals surface area (Å²) in [7, 11) is 3.19. The van der Waals surface area contributed by atoms with Gasteiger partial charge in [-0.25, -0.2) is 0 Å². The van der Waals surface area contributed by atoms with E-state index < -0.39 is 4.92 Å². The van der Waals surface area contributed by atoms with Gasteiger partial charge in [-0.1, -0.05) is 5.16 Å². The lowest BCUT2D eigenvalue weighted by atomic mass is 10.2. The van der Waals surface area contributed by atoms with Gasteiger partial charge in [0, 0.05) is 18.2 Å². The second-order valence-electron chi connectivity index (χ2n) is 5.66. The van der Waals surface area contributed by atoms with Crippen LogP contribution in [0, 0.1) is 24.0 Å². The lowest BCUT2D eigenvalue weighted by Gasteiger charge is -2.17. The molecule has 0 atom stereocenters. The van der Waals surface area contributed by atoms with Gasteiger partial charge in [0.05, 0.1) is 36.0 Å². The molecule has 0 aliphatic carbocycles. The number of aromatic nitrogens is 1. The third-order valence-electron chi connectivity index (χ3n) is 3.69. The van der Waals surface area contributed by atoms with E-state index in [0.717, 1.165) is 17.0 Å². The summed E-state index contributed by atoms with van der Waals surface area (Å²) < 4.78 is 10.2. The number of hydrogen-bond donors (Lipinski definition) is 1. The minimum absolute atomic E-state index is 0.106. The van der Waals surface area contributed by atoms with E-state index >= 15 is 0 Å². The molecule has 9 nitrogen and oxygen atoms in total. The average molecular weight is 348 g/mol. The van der Waals surface area contributed by atoms with E-state index in [1.165, 1.54) is 25.3 Å². The fraction of sp³-hybridized carbons (Fsp3) is 0.375. The molecule has 0 fully saturated rings. The zero-order chi connectivity index (χ0) is 18.6. The highest BCUT2D eigenvalue weighted by Crippen LogP contribution is 2.28. The van der Waals surface area contributed by atoms with Gasteiger partial charge < -0.3 is 14.6 Å². The molecule has 1 heterocycles. The van der Waals surface area contributed by atoms with Gasteiger partial charge in [-0.3, -0.25) is 19.8 Å². The first-order valence-corrected chi connectivity index (χ1v) is 7.54. The number of carbonyl (C=O) groups is 1. The van der Waals surface area contributed by atoms with E-state index in [2.05, 4.69) is 10.5 Å². The summed E-state index contributed by atoms with van der Waals surface area (Å²) in [5.41, 5.74) is 2.01. The fourth-order valence-corrected chi connectivity index (χ4v) is 2.39. The lowest BCUT2D eigenvalue weighted by Crippen LogP contribution is -2.30. The molecule has 1 aromatic heterocycles. The number of methoxy groups -OCH3 is 1. The molecule has 0 saturated carbocycles. The molecule has 1 amide bonds. The zero-order valence-electron chi connectivity index (χ0n) is 14.5. The molecule has 2 rings (SSSR count). The number of nitro groups is 1. The van der Waals surface area contributed by atoms with Gasteiger partial charge in [0.2, 0.25) is 5.91 Å². The molecule has 2 aromatic rings. The van der Waals surface area contributed by atoms with Crippen LogP contribution in [0.1, 0.15) is 17.0 Å². The number of likely N-dealkylation sites (N-methyl/N-ethyl adjacent to an activating group) is 1. The largest absolute Gasteiger partial charge is 0.494 e. The Morgan fingerprint density at radius 1 is 1.44 bits per heavy atom. The number of nitrogens with zero attached hydrogens (tertiary/aromatic N) is 3. The molecule has 9 heteroatoms. The Kier molecular flexibility index (Phi) is 5.71. The first-order chi connectivity index (χ1) is 11.8.